The van der Waals surface area contributed by atoms with Crippen LogP contribution in [0.15, 0.2) is 29.5 Å². The molecule has 0 bridgehead atoms. The van der Waals surface area contributed by atoms with Crippen LogP contribution in [-0.2, 0) is 11.3 Å². The summed E-state index contributed by atoms with van der Waals surface area (Å²) in [5.41, 5.74) is 0.756. The largest absolute Gasteiger partial charge is 0.381 e. The Kier molecular flexibility index (Phi) is 3.45. The summed E-state index contributed by atoms with van der Waals surface area (Å²) in [6.45, 7) is 2.27. The van der Waals surface area contributed by atoms with E-state index < -0.39 is 0 Å². The van der Waals surface area contributed by atoms with E-state index in [0.29, 0.717) is 5.52 Å². The molecule has 2 aromatic rings. The minimum atomic E-state index is 0.0202. The minimum Gasteiger partial charge on any atom is -0.381 e. The third kappa shape index (κ3) is 2.34. The van der Waals surface area contributed by atoms with Crippen LogP contribution in [0.2, 0.25) is 0 Å². The molecule has 0 radical (unpaired) electrons. The number of aromatic nitrogens is 3. The maximum absolute atomic E-state index is 12.4. The second-order valence-corrected chi connectivity index (χ2v) is 5.70. The van der Waals surface area contributed by atoms with Gasteiger partial charge < -0.3 is 9.30 Å². The van der Waals surface area contributed by atoms with Gasteiger partial charge in [0, 0.05) is 42.9 Å². The molecule has 2 aromatic heterocycles. The van der Waals surface area contributed by atoms with Crippen LogP contribution < -0.4 is 5.56 Å². The van der Waals surface area contributed by atoms with Gasteiger partial charge in [-0.05, 0) is 18.9 Å². The fourth-order valence-electron chi connectivity index (χ4n) is 2.59. The fourth-order valence-corrected chi connectivity index (χ4v) is 3.32. The van der Waals surface area contributed by atoms with Gasteiger partial charge in [0.1, 0.15) is 5.52 Å². The van der Waals surface area contributed by atoms with Gasteiger partial charge in [-0.25, -0.2) is 4.52 Å². The lowest BCUT2D eigenvalue weighted by atomic mass is 9.82. The van der Waals surface area contributed by atoms with Gasteiger partial charge in [0.05, 0.1) is 6.20 Å². The van der Waals surface area contributed by atoms with Gasteiger partial charge >= 0.3 is 0 Å². The van der Waals surface area contributed by atoms with Gasteiger partial charge in [-0.3, -0.25) is 4.79 Å². The van der Waals surface area contributed by atoms with Crippen molar-refractivity contribution >= 4 is 21.4 Å². The average molecular weight is 326 g/mol. The number of rotatable bonds is 3. The molecule has 0 aromatic carbocycles. The van der Waals surface area contributed by atoms with E-state index in [0.717, 1.165) is 37.9 Å². The second kappa shape index (κ2) is 5.09. The summed E-state index contributed by atoms with van der Waals surface area (Å²) >= 11 is 3.60. The molecule has 102 valence electrons. The molecule has 5 nitrogen and oxygen atoms in total. The highest BCUT2D eigenvalue weighted by Crippen LogP contribution is 2.33. The summed E-state index contributed by atoms with van der Waals surface area (Å²) < 4.78 is 8.84. The third-order valence-electron chi connectivity index (χ3n) is 3.88. The first-order chi connectivity index (χ1) is 9.24. The SMILES string of the molecule is O=c1c2ccnn2ccn1CC1(CBr)CCOCC1. The summed E-state index contributed by atoms with van der Waals surface area (Å²) in [6.07, 6.45) is 7.26. The number of alkyl halides is 1. The highest BCUT2D eigenvalue weighted by Gasteiger charge is 2.32. The third-order valence-corrected chi connectivity index (χ3v) is 5.07. The Labute approximate surface area is 119 Å². The van der Waals surface area contributed by atoms with Crippen molar-refractivity contribution in [3.8, 4) is 0 Å². The zero-order valence-corrected chi connectivity index (χ0v) is 12.2. The van der Waals surface area contributed by atoms with Gasteiger partial charge in [0.2, 0.25) is 0 Å². The molecule has 1 aliphatic heterocycles. The molecule has 0 aliphatic carbocycles. The highest BCUT2D eigenvalue weighted by atomic mass is 79.9. The van der Waals surface area contributed by atoms with Gasteiger partial charge in [0.15, 0.2) is 0 Å². The zero-order valence-electron chi connectivity index (χ0n) is 10.6. The van der Waals surface area contributed by atoms with Gasteiger partial charge in [-0.1, -0.05) is 15.9 Å². The maximum Gasteiger partial charge on any atom is 0.276 e. The molecule has 0 atom stereocenters. The first-order valence-electron chi connectivity index (χ1n) is 6.41. The Morgan fingerprint density at radius 1 is 1.37 bits per heavy atom. The molecule has 1 saturated heterocycles. The van der Waals surface area contributed by atoms with Crippen LogP contribution in [0.4, 0.5) is 0 Å². The smallest absolute Gasteiger partial charge is 0.276 e. The quantitative estimate of drug-likeness (QED) is 0.807. The van der Waals surface area contributed by atoms with Crippen LogP contribution in [0.5, 0.6) is 0 Å². The van der Waals surface area contributed by atoms with Crippen LogP contribution >= 0.6 is 15.9 Å². The average Bonchev–Trinajstić information content (AvgIpc) is 2.92. The van der Waals surface area contributed by atoms with Crippen LogP contribution in [0.1, 0.15) is 12.8 Å². The van der Waals surface area contributed by atoms with Crippen molar-refractivity contribution in [1.29, 1.82) is 0 Å². The van der Waals surface area contributed by atoms with Crippen molar-refractivity contribution in [2.75, 3.05) is 18.5 Å². The Morgan fingerprint density at radius 3 is 2.89 bits per heavy atom. The number of hydrogen-bond acceptors (Lipinski definition) is 3. The lowest BCUT2D eigenvalue weighted by Crippen LogP contribution is -2.38. The number of fused-ring (bicyclic) bond motifs is 1. The van der Waals surface area contributed by atoms with Crippen molar-refractivity contribution in [3.05, 3.63) is 35.0 Å². The first-order valence-corrected chi connectivity index (χ1v) is 7.53. The summed E-state index contributed by atoms with van der Waals surface area (Å²) in [5.74, 6) is 0. The predicted octanol–water partition coefficient (Wildman–Crippen LogP) is 1.69. The first kappa shape index (κ1) is 12.9. The molecule has 3 heterocycles. The number of hydrogen-bond donors (Lipinski definition) is 0. The molecule has 0 saturated carbocycles. The van der Waals surface area contributed by atoms with E-state index in [2.05, 4.69) is 21.0 Å². The molecule has 1 fully saturated rings. The second-order valence-electron chi connectivity index (χ2n) is 5.14. The molecular formula is C13H16BrN3O2. The molecule has 0 N–H and O–H groups in total. The van der Waals surface area contributed by atoms with Crippen molar-refractivity contribution in [3.63, 3.8) is 0 Å². The zero-order chi connectivity index (χ0) is 13.3. The molecular weight excluding hydrogens is 310 g/mol. The standard InChI is InChI=1S/C13H16BrN3O2/c14-9-13(2-7-19-8-3-13)10-16-5-6-17-11(12(16)18)1-4-15-17/h1,4-6H,2-3,7-10H2. The van der Waals surface area contributed by atoms with E-state index in [4.69, 9.17) is 4.74 Å². The molecule has 1 aliphatic rings. The molecule has 6 heteroatoms. The lowest BCUT2D eigenvalue weighted by molar-refractivity contribution is 0.0182. The van der Waals surface area contributed by atoms with Gasteiger partial charge in [-0.15, -0.1) is 0 Å². The van der Waals surface area contributed by atoms with E-state index in [1.165, 1.54) is 0 Å². The Bertz CT molecular complexity index is 628. The van der Waals surface area contributed by atoms with E-state index >= 15 is 0 Å². The number of nitrogens with zero attached hydrogens (tertiary/aromatic N) is 3. The van der Waals surface area contributed by atoms with Gasteiger partial charge in [0.25, 0.3) is 5.56 Å². The van der Waals surface area contributed by atoms with E-state index in [9.17, 15) is 4.79 Å². The normalized spacial score (nSPS) is 18.8. The number of ether oxygens (including phenoxy) is 1. The van der Waals surface area contributed by atoms with Crippen LogP contribution in [0.3, 0.4) is 0 Å². The molecule has 0 unspecified atom stereocenters. The Balaban J connectivity index is 1.95. The minimum absolute atomic E-state index is 0.0202. The van der Waals surface area contributed by atoms with Crippen molar-refractivity contribution in [1.82, 2.24) is 14.2 Å². The highest BCUT2D eigenvalue weighted by molar-refractivity contribution is 9.09. The Morgan fingerprint density at radius 2 is 2.16 bits per heavy atom. The lowest BCUT2D eigenvalue weighted by Gasteiger charge is -2.36. The van der Waals surface area contributed by atoms with Crippen LogP contribution in [-0.4, -0.2) is 32.7 Å². The summed E-state index contributed by atoms with van der Waals surface area (Å²) in [7, 11) is 0. The van der Waals surface area contributed by atoms with Crippen molar-refractivity contribution in [2.45, 2.75) is 19.4 Å². The molecule has 19 heavy (non-hydrogen) atoms. The number of halogens is 1. The van der Waals surface area contributed by atoms with Crippen molar-refractivity contribution in [2.24, 2.45) is 5.41 Å². The molecule has 0 spiro atoms. The predicted molar refractivity (Wildman–Crippen MR) is 75.7 cm³/mol. The van der Waals surface area contributed by atoms with Crippen LogP contribution in [0, 0.1) is 5.41 Å². The van der Waals surface area contributed by atoms with E-state index in [1.54, 1.807) is 21.3 Å². The maximum atomic E-state index is 12.4. The van der Waals surface area contributed by atoms with E-state index in [1.807, 2.05) is 12.4 Å². The molecule has 0 amide bonds. The Hall–Kier alpha value is -1.14. The van der Waals surface area contributed by atoms with E-state index in [-0.39, 0.29) is 11.0 Å². The molecule has 3 rings (SSSR count). The van der Waals surface area contributed by atoms with Crippen LogP contribution in [0.25, 0.3) is 5.52 Å². The van der Waals surface area contributed by atoms with Gasteiger partial charge in [-0.2, -0.15) is 5.10 Å². The summed E-state index contributed by atoms with van der Waals surface area (Å²) in [6, 6.07) is 1.75. The fraction of sp³-hybridized carbons (Fsp3) is 0.538. The monoisotopic (exact) mass is 325 g/mol. The van der Waals surface area contributed by atoms with Crippen molar-refractivity contribution < 1.29 is 4.74 Å². The summed E-state index contributed by atoms with van der Waals surface area (Å²) in [4.78, 5) is 12.4. The summed E-state index contributed by atoms with van der Waals surface area (Å²) in [5, 5.41) is 4.97. The topological polar surface area (TPSA) is 48.5 Å².